The van der Waals surface area contributed by atoms with Gasteiger partial charge in [-0.3, -0.25) is 9.59 Å². The van der Waals surface area contributed by atoms with Crippen molar-refractivity contribution < 1.29 is 38.1 Å². The molecular weight excluding hydrogens is 394 g/mol. The zero-order valence-corrected chi connectivity index (χ0v) is 18.1. The lowest BCUT2D eigenvalue weighted by atomic mass is 9.81. The lowest BCUT2D eigenvalue weighted by molar-refractivity contribution is -0.187. The van der Waals surface area contributed by atoms with Gasteiger partial charge in [-0.05, 0) is 27.3 Å². The lowest BCUT2D eigenvalue weighted by Gasteiger charge is -2.35. The molecule has 9 nitrogen and oxygen atoms in total. The molecule has 2 bridgehead atoms. The van der Waals surface area contributed by atoms with E-state index in [9.17, 15) is 19.2 Å². The molecule has 0 aromatic rings. The Balaban J connectivity index is 2.01. The highest BCUT2D eigenvalue weighted by Gasteiger charge is 2.64. The van der Waals surface area contributed by atoms with Crippen molar-refractivity contribution in [2.45, 2.75) is 63.9 Å². The molecule has 3 rings (SSSR count). The first-order valence-electron chi connectivity index (χ1n) is 10.2. The highest BCUT2D eigenvalue weighted by molar-refractivity contribution is 6.01. The predicted molar refractivity (Wildman–Crippen MR) is 103 cm³/mol. The predicted octanol–water partition coefficient (Wildman–Crippen LogP) is 0.792. The number of carbonyl (C=O) groups excluding carboxylic acids is 4. The van der Waals surface area contributed by atoms with E-state index in [4.69, 9.17) is 18.9 Å². The number of hydrogen-bond acceptors (Lipinski definition) is 9. The molecule has 1 spiro atoms. The second-order valence-electron chi connectivity index (χ2n) is 8.57. The third-order valence-electron chi connectivity index (χ3n) is 6.28. The van der Waals surface area contributed by atoms with Crippen LogP contribution in [-0.4, -0.2) is 78.7 Å². The molecule has 0 saturated carbocycles. The van der Waals surface area contributed by atoms with E-state index in [0.717, 1.165) is 0 Å². The molecule has 0 radical (unpaired) electrons. The molecule has 0 N–H and O–H groups in total. The second-order valence-corrected chi connectivity index (χ2v) is 8.57. The van der Waals surface area contributed by atoms with E-state index >= 15 is 0 Å². The van der Waals surface area contributed by atoms with E-state index < -0.39 is 53.0 Å². The topological polar surface area (TPSA) is 112 Å². The van der Waals surface area contributed by atoms with Crippen molar-refractivity contribution in [2.75, 3.05) is 26.7 Å². The summed E-state index contributed by atoms with van der Waals surface area (Å²) in [5.41, 5.74) is -2.70. The third kappa shape index (κ3) is 4.13. The van der Waals surface area contributed by atoms with Crippen molar-refractivity contribution in [3.8, 4) is 0 Å². The number of rotatable bonds is 1. The average molecular weight is 423 g/mol. The van der Waals surface area contributed by atoms with Gasteiger partial charge in [0.15, 0.2) is 11.7 Å². The van der Waals surface area contributed by atoms with Crippen LogP contribution in [-0.2, 0) is 38.1 Å². The molecule has 3 aliphatic rings. The molecule has 30 heavy (non-hydrogen) atoms. The molecule has 0 aliphatic carbocycles. The highest BCUT2D eigenvalue weighted by Crippen LogP contribution is 2.46. The number of epoxide rings is 1. The van der Waals surface area contributed by atoms with E-state index in [1.807, 2.05) is 11.9 Å². The summed E-state index contributed by atoms with van der Waals surface area (Å²) in [5, 5.41) is 0. The third-order valence-corrected chi connectivity index (χ3v) is 6.28. The maximum absolute atomic E-state index is 13.1. The van der Waals surface area contributed by atoms with Crippen LogP contribution in [0.5, 0.6) is 0 Å². The molecule has 166 valence electrons. The molecule has 0 aromatic carbocycles. The smallest absolute Gasteiger partial charge is 0.350 e. The van der Waals surface area contributed by atoms with Crippen LogP contribution in [0.25, 0.3) is 0 Å². The summed E-state index contributed by atoms with van der Waals surface area (Å²) in [6.07, 6.45) is 0.648. The lowest BCUT2D eigenvalue weighted by Crippen LogP contribution is -2.50. The van der Waals surface area contributed by atoms with Gasteiger partial charge >= 0.3 is 17.9 Å². The minimum absolute atomic E-state index is 0.0788. The Kier molecular flexibility index (Phi) is 6.06. The number of carbonyl (C=O) groups is 4. The summed E-state index contributed by atoms with van der Waals surface area (Å²) < 4.78 is 22.0. The van der Waals surface area contributed by atoms with Crippen LogP contribution in [0, 0.1) is 5.92 Å². The Bertz CT molecular complexity index is 792. The van der Waals surface area contributed by atoms with Crippen molar-refractivity contribution in [1.82, 2.24) is 4.90 Å². The monoisotopic (exact) mass is 423 g/mol. The molecule has 0 unspecified atom stereocenters. The number of ketones is 1. The largest absolute Gasteiger partial charge is 0.458 e. The van der Waals surface area contributed by atoms with E-state index in [2.05, 4.69) is 0 Å². The van der Waals surface area contributed by atoms with Crippen molar-refractivity contribution in [1.29, 1.82) is 0 Å². The molecule has 3 aliphatic heterocycles. The van der Waals surface area contributed by atoms with Crippen molar-refractivity contribution >= 4 is 23.7 Å². The van der Waals surface area contributed by atoms with Crippen LogP contribution in [0.3, 0.4) is 0 Å². The quantitative estimate of drug-likeness (QED) is 0.343. The summed E-state index contributed by atoms with van der Waals surface area (Å²) in [4.78, 5) is 52.7. The zero-order chi connectivity index (χ0) is 22.3. The van der Waals surface area contributed by atoms with Gasteiger partial charge in [0, 0.05) is 37.9 Å². The number of fused-ring (bicyclic) bond motifs is 2. The van der Waals surface area contributed by atoms with Crippen molar-refractivity contribution in [3.63, 3.8) is 0 Å². The summed E-state index contributed by atoms with van der Waals surface area (Å²) >= 11 is 0. The number of likely N-dealkylation sites (N-methyl/N-ethyl adjacent to an activating group) is 1. The Morgan fingerprint density at radius 3 is 2.50 bits per heavy atom. The molecule has 2 saturated heterocycles. The fourth-order valence-electron chi connectivity index (χ4n) is 3.98. The second kappa shape index (κ2) is 8.11. The maximum atomic E-state index is 13.1. The molecule has 3 heterocycles. The number of hydrogen-bond donors (Lipinski definition) is 0. The van der Waals surface area contributed by atoms with E-state index in [-0.39, 0.29) is 18.6 Å². The average Bonchev–Trinajstić information content (AvgIpc) is 3.32. The van der Waals surface area contributed by atoms with E-state index in [1.165, 1.54) is 13.8 Å². The molecule has 5 atom stereocenters. The molecule has 0 amide bonds. The fraction of sp³-hybridized carbons (Fsp3) is 0.714. The number of cyclic esters (lactones) is 1. The molecule has 9 heteroatoms. The number of nitrogens with zero attached hydrogens (tertiary/aromatic N) is 1. The Hall–Kier alpha value is -2.26. The SMILES string of the molecule is CC(=O)O[C@@]1(C)C(=O)OC/C2=C/CN(C)CC[C@@H](OC(=O)[C@]3(C[C@@H]1C)O[C@@H]3C)C2=O. The van der Waals surface area contributed by atoms with Gasteiger partial charge in [-0.1, -0.05) is 13.0 Å². The minimum Gasteiger partial charge on any atom is -0.458 e. The van der Waals surface area contributed by atoms with Gasteiger partial charge in [-0.25, -0.2) is 9.59 Å². The van der Waals surface area contributed by atoms with Gasteiger partial charge in [0.05, 0.1) is 6.10 Å². The minimum atomic E-state index is -1.65. The molecular formula is C21H29NO8. The van der Waals surface area contributed by atoms with Crippen LogP contribution in [0.1, 0.15) is 40.5 Å². The summed E-state index contributed by atoms with van der Waals surface area (Å²) in [6, 6.07) is 0. The molecule has 0 aromatic heterocycles. The Morgan fingerprint density at radius 1 is 1.23 bits per heavy atom. The summed E-state index contributed by atoms with van der Waals surface area (Å²) in [5.74, 6) is -3.06. The fourth-order valence-corrected chi connectivity index (χ4v) is 3.98. The van der Waals surface area contributed by atoms with Gasteiger partial charge in [0.1, 0.15) is 6.61 Å². The van der Waals surface area contributed by atoms with Gasteiger partial charge in [-0.15, -0.1) is 0 Å². The molecule has 2 fully saturated rings. The number of ether oxygens (including phenoxy) is 4. The maximum Gasteiger partial charge on any atom is 0.350 e. The summed E-state index contributed by atoms with van der Waals surface area (Å²) in [6.45, 7) is 6.82. The van der Waals surface area contributed by atoms with Crippen molar-refractivity contribution in [2.24, 2.45) is 5.92 Å². The summed E-state index contributed by atoms with van der Waals surface area (Å²) in [7, 11) is 1.88. The van der Waals surface area contributed by atoms with Crippen LogP contribution in [0.4, 0.5) is 0 Å². The normalized spacial score (nSPS) is 40.0. The van der Waals surface area contributed by atoms with E-state index in [1.54, 1.807) is 19.9 Å². The first-order valence-corrected chi connectivity index (χ1v) is 10.2. The van der Waals surface area contributed by atoms with Gasteiger partial charge in [-0.2, -0.15) is 0 Å². The Labute approximate surface area is 175 Å². The Morgan fingerprint density at radius 2 is 1.90 bits per heavy atom. The first kappa shape index (κ1) is 22.4. The first-order chi connectivity index (χ1) is 14.0. The van der Waals surface area contributed by atoms with E-state index in [0.29, 0.717) is 19.5 Å². The van der Waals surface area contributed by atoms with Crippen LogP contribution < -0.4 is 0 Å². The van der Waals surface area contributed by atoms with Crippen LogP contribution >= 0.6 is 0 Å². The van der Waals surface area contributed by atoms with Crippen LogP contribution in [0.2, 0.25) is 0 Å². The number of Topliss-reactive ketones (excluding diaryl/α,β-unsaturated/α-hetero) is 1. The standard InChI is InChI=1S/C21H29NO8/c1-12-10-21(13(2)29-21)19(26)28-16-7-9-22(5)8-6-15(17(16)24)11-27-18(25)20(12,4)30-14(3)23/h6,12-13,16H,7-11H2,1-5H3/b15-6-/t12-,13+,16+,20+,21+/m0/s1. The zero-order valence-electron chi connectivity index (χ0n) is 18.1. The van der Waals surface area contributed by atoms with Gasteiger partial charge < -0.3 is 23.8 Å². The van der Waals surface area contributed by atoms with Gasteiger partial charge in [0.25, 0.3) is 0 Å². The number of esters is 3. The highest BCUT2D eigenvalue weighted by atomic mass is 16.7. The van der Waals surface area contributed by atoms with Gasteiger partial charge in [0.2, 0.25) is 11.4 Å². The van der Waals surface area contributed by atoms with Crippen molar-refractivity contribution in [3.05, 3.63) is 11.6 Å². The van der Waals surface area contributed by atoms with Crippen LogP contribution in [0.15, 0.2) is 11.6 Å².